The van der Waals surface area contributed by atoms with Crippen molar-refractivity contribution in [3.63, 3.8) is 0 Å². The molecule has 0 amide bonds. The Labute approximate surface area is 137 Å². The van der Waals surface area contributed by atoms with Gasteiger partial charge in [-0.3, -0.25) is 0 Å². The molecule has 0 aromatic heterocycles. The molecule has 3 unspecified atom stereocenters. The van der Waals surface area contributed by atoms with Gasteiger partial charge in [-0.1, -0.05) is 25.7 Å². The fourth-order valence-electron chi connectivity index (χ4n) is 2.30. The fourth-order valence-corrected chi connectivity index (χ4v) is 2.30. The minimum absolute atomic E-state index is 0.213. The van der Waals surface area contributed by atoms with E-state index in [1.54, 1.807) is 0 Å². The quantitative estimate of drug-likeness (QED) is 0.277. The highest BCUT2D eigenvalue weighted by atomic mass is 16.2. The van der Waals surface area contributed by atoms with Crippen LogP contribution in [0.4, 0.5) is 0 Å². The van der Waals surface area contributed by atoms with Gasteiger partial charge in [0.2, 0.25) is 0 Å². The van der Waals surface area contributed by atoms with E-state index >= 15 is 0 Å². The lowest BCUT2D eigenvalue weighted by atomic mass is 10.1. The van der Waals surface area contributed by atoms with Crippen LogP contribution in [-0.4, -0.2) is 56.0 Å². The lowest BCUT2D eigenvalue weighted by molar-refractivity contribution is 0.282. The van der Waals surface area contributed by atoms with Crippen molar-refractivity contribution in [2.45, 2.75) is 77.4 Å². The average Bonchev–Trinajstić information content (AvgIpc) is 2.49. The second kappa shape index (κ2) is 15.7. The zero-order chi connectivity index (χ0) is 16.6. The van der Waals surface area contributed by atoms with Gasteiger partial charge in [0.15, 0.2) is 0 Å². The van der Waals surface area contributed by atoms with Crippen LogP contribution in [0.25, 0.3) is 0 Å². The number of aliphatic hydroxyl groups excluding tert-OH is 1. The van der Waals surface area contributed by atoms with Gasteiger partial charge in [-0.15, -0.1) is 0 Å². The van der Waals surface area contributed by atoms with Crippen LogP contribution in [0.2, 0.25) is 0 Å². The molecule has 0 saturated heterocycles. The molecule has 5 nitrogen and oxygen atoms in total. The number of hydrogen-bond acceptors (Lipinski definition) is 5. The smallest absolute Gasteiger partial charge is 0.0431 e. The van der Waals surface area contributed by atoms with Crippen molar-refractivity contribution in [1.29, 1.82) is 0 Å². The van der Waals surface area contributed by atoms with Crippen LogP contribution in [0.1, 0.15) is 59.3 Å². The first-order valence-corrected chi connectivity index (χ1v) is 9.10. The van der Waals surface area contributed by atoms with Gasteiger partial charge in [-0.25, -0.2) is 0 Å². The molecular weight excluding hydrogens is 276 g/mol. The van der Waals surface area contributed by atoms with Gasteiger partial charge < -0.3 is 26.8 Å². The molecule has 5 heteroatoms. The van der Waals surface area contributed by atoms with E-state index in [1.807, 2.05) is 6.92 Å². The molecular formula is C17H40N4O. The summed E-state index contributed by atoms with van der Waals surface area (Å²) in [7, 11) is 0. The number of nitrogens with two attached hydrogens (primary N) is 1. The maximum Gasteiger partial charge on any atom is 0.0431 e. The minimum atomic E-state index is 0.213. The molecule has 0 heterocycles. The molecule has 0 spiro atoms. The van der Waals surface area contributed by atoms with Gasteiger partial charge in [0.1, 0.15) is 0 Å². The van der Waals surface area contributed by atoms with Crippen molar-refractivity contribution in [2.24, 2.45) is 5.73 Å². The third kappa shape index (κ3) is 16.2. The van der Waals surface area contributed by atoms with Crippen molar-refractivity contribution in [3.8, 4) is 0 Å². The number of aliphatic hydroxyl groups is 1. The highest BCUT2D eigenvalue weighted by molar-refractivity contribution is 4.71. The molecule has 0 radical (unpaired) electrons. The lowest BCUT2D eigenvalue weighted by Gasteiger charge is -2.20. The number of nitrogens with one attached hydrogen (secondary N) is 3. The van der Waals surface area contributed by atoms with Gasteiger partial charge in [0.05, 0.1) is 0 Å². The maximum atomic E-state index is 8.70. The van der Waals surface area contributed by atoms with Crippen LogP contribution >= 0.6 is 0 Å². The van der Waals surface area contributed by atoms with Gasteiger partial charge >= 0.3 is 0 Å². The molecule has 6 N–H and O–H groups in total. The van der Waals surface area contributed by atoms with E-state index in [4.69, 9.17) is 10.8 Å². The molecule has 0 aliphatic heterocycles. The molecule has 3 atom stereocenters. The summed E-state index contributed by atoms with van der Waals surface area (Å²) in [6, 6.07) is 1.15. The number of hydrogen-bond donors (Lipinski definition) is 5. The summed E-state index contributed by atoms with van der Waals surface area (Å²) in [5.41, 5.74) is 5.73. The fraction of sp³-hybridized carbons (Fsp3) is 1.00. The zero-order valence-corrected chi connectivity index (χ0v) is 15.0. The SMILES string of the molecule is CC(N)CNC(C)CNC(C)CNCCCCCCCCO. The first-order chi connectivity index (χ1) is 10.6. The predicted molar refractivity (Wildman–Crippen MR) is 96.2 cm³/mol. The summed E-state index contributed by atoms with van der Waals surface area (Å²) < 4.78 is 0. The molecule has 0 rings (SSSR count). The summed E-state index contributed by atoms with van der Waals surface area (Å²) in [5.74, 6) is 0. The van der Waals surface area contributed by atoms with E-state index in [-0.39, 0.29) is 6.04 Å². The minimum Gasteiger partial charge on any atom is -0.396 e. The molecule has 0 aliphatic rings. The van der Waals surface area contributed by atoms with Crippen LogP contribution in [0.15, 0.2) is 0 Å². The summed E-state index contributed by atoms with van der Waals surface area (Å²) >= 11 is 0. The summed E-state index contributed by atoms with van der Waals surface area (Å²) in [6.07, 6.45) is 7.21. The third-order valence-electron chi connectivity index (χ3n) is 3.77. The maximum absolute atomic E-state index is 8.70. The van der Waals surface area contributed by atoms with Gasteiger partial charge in [0.25, 0.3) is 0 Å². The second-order valence-electron chi connectivity index (χ2n) is 6.64. The molecule has 134 valence electrons. The highest BCUT2D eigenvalue weighted by Crippen LogP contribution is 2.04. The van der Waals surface area contributed by atoms with E-state index in [0.29, 0.717) is 18.7 Å². The molecule has 0 aliphatic carbocycles. The van der Waals surface area contributed by atoms with Crippen LogP contribution in [0.3, 0.4) is 0 Å². The van der Waals surface area contributed by atoms with Crippen molar-refractivity contribution >= 4 is 0 Å². The van der Waals surface area contributed by atoms with Crippen molar-refractivity contribution < 1.29 is 5.11 Å². The Bertz CT molecular complexity index is 227. The van der Waals surface area contributed by atoms with E-state index in [1.165, 1.54) is 32.1 Å². The Hall–Kier alpha value is -0.200. The Balaban J connectivity index is 3.30. The monoisotopic (exact) mass is 316 g/mol. The third-order valence-corrected chi connectivity index (χ3v) is 3.77. The van der Waals surface area contributed by atoms with Crippen LogP contribution in [0, 0.1) is 0 Å². The first-order valence-electron chi connectivity index (χ1n) is 9.10. The molecule has 22 heavy (non-hydrogen) atoms. The highest BCUT2D eigenvalue weighted by Gasteiger charge is 2.05. The normalized spacial score (nSPS) is 15.7. The Morgan fingerprint density at radius 1 is 0.773 bits per heavy atom. The van der Waals surface area contributed by atoms with Crippen LogP contribution in [-0.2, 0) is 0 Å². The molecule has 0 bridgehead atoms. The molecule has 0 fully saturated rings. The van der Waals surface area contributed by atoms with E-state index < -0.39 is 0 Å². The Morgan fingerprint density at radius 3 is 1.95 bits per heavy atom. The number of rotatable bonds is 16. The summed E-state index contributed by atoms with van der Waals surface area (Å²) in [4.78, 5) is 0. The standard InChI is InChI=1S/C17H40N4O/c1-15(18)12-20-17(3)14-21-16(2)13-19-10-8-6-4-5-7-9-11-22/h15-17,19-22H,4-14,18H2,1-3H3. The number of unbranched alkanes of at least 4 members (excludes halogenated alkanes) is 5. The topological polar surface area (TPSA) is 82.3 Å². The van der Waals surface area contributed by atoms with E-state index in [9.17, 15) is 0 Å². The first kappa shape index (κ1) is 21.8. The van der Waals surface area contributed by atoms with Crippen molar-refractivity contribution in [1.82, 2.24) is 16.0 Å². The predicted octanol–water partition coefficient (Wildman–Crippen LogP) is 1.21. The van der Waals surface area contributed by atoms with Crippen LogP contribution < -0.4 is 21.7 Å². The molecule has 0 aromatic rings. The summed E-state index contributed by atoms with van der Waals surface area (Å²) in [5, 5.41) is 19.2. The van der Waals surface area contributed by atoms with E-state index in [0.717, 1.165) is 32.6 Å². The largest absolute Gasteiger partial charge is 0.396 e. The average molecular weight is 317 g/mol. The molecule has 0 aromatic carbocycles. The van der Waals surface area contributed by atoms with Gasteiger partial charge in [-0.2, -0.15) is 0 Å². The lowest BCUT2D eigenvalue weighted by Crippen LogP contribution is -2.45. The van der Waals surface area contributed by atoms with Crippen LogP contribution in [0.5, 0.6) is 0 Å². The molecule has 0 saturated carbocycles. The zero-order valence-electron chi connectivity index (χ0n) is 15.0. The Kier molecular flexibility index (Phi) is 15.5. The van der Waals surface area contributed by atoms with E-state index in [2.05, 4.69) is 29.8 Å². The van der Waals surface area contributed by atoms with Gasteiger partial charge in [0, 0.05) is 44.4 Å². The Morgan fingerprint density at radius 2 is 1.32 bits per heavy atom. The van der Waals surface area contributed by atoms with Crippen molar-refractivity contribution in [2.75, 3.05) is 32.8 Å². The van der Waals surface area contributed by atoms with Gasteiger partial charge in [-0.05, 0) is 40.2 Å². The summed E-state index contributed by atoms with van der Waals surface area (Å²) in [6.45, 7) is 10.7. The second-order valence-corrected chi connectivity index (χ2v) is 6.64. The van der Waals surface area contributed by atoms with Crippen molar-refractivity contribution in [3.05, 3.63) is 0 Å².